The van der Waals surface area contributed by atoms with Gasteiger partial charge in [0.25, 0.3) is 5.92 Å². The van der Waals surface area contributed by atoms with Crippen molar-refractivity contribution in [1.29, 1.82) is 0 Å². The van der Waals surface area contributed by atoms with Gasteiger partial charge in [-0.2, -0.15) is 0 Å². The minimum Gasteiger partial charge on any atom is -0.489 e. The molecule has 1 fully saturated rings. The van der Waals surface area contributed by atoms with Gasteiger partial charge in [-0.3, -0.25) is 0 Å². The van der Waals surface area contributed by atoms with Crippen molar-refractivity contribution < 1.29 is 27.8 Å². The molecule has 0 spiro atoms. The third kappa shape index (κ3) is 3.57. The Hall–Kier alpha value is -1.96. The molecule has 0 N–H and O–H groups in total. The van der Waals surface area contributed by atoms with Crippen LogP contribution in [0.1, 0.15) is 10.5 Å². The topological polar surface area (TPSA) is 60.9 Å². The molecule has 116 valence electrons. The molecule has 0 bridgehead atoms. The van der Waals surface area contributed by atoms with Crippen molar-refractivity contribution in [2.45, 2.75) is 5.92 Å². The van der Waals surface area contributed by atoms with E-state index in [9.17, 15) is 13.6 Å². The summed E-state index contributed by atoms with van der Waals surface area (Å²) in [6.07, 6.45) is 1.35. The van der Waals surface area contributed by atoms with Gasteiger partial charge in [0.05, 0.1) is 38.7 Å². The van der Waals surface area contributed by atoms with Crippen LogP contribution in [0.4, 0.5) is 14.5 Å². The molecule has 1 aromatic heterocycles. The Kier molecular flexibility index (Phi) is 4.56. The fourth-order valence-electron chi connectivity index (χ4n) is 1.90. The lowest BCUT2D eigenvalue weighted by molar-refractivity contribution is -0.0263. The molecule has 0 atom stereocenters. The number of esters is 1. The highest BCUT2D eigenvalue weighted by atomic mass is 19.3. The first-order valence-corrected chi connectivity index (χ1v) is 6.30. The zero-order chi connectivity index (χ0) is 15.5. The standard InChI is InChI=1S/C13H16F2N2O4/c1-19-3-4-21-10-5-9(17-7-13(14,15)8-17)6-16-11(10)12(18)20-2/h5-6H,3-4,7-8H2,1-2H3. The summed E-state index contributed by atoms with van der Waals surface area (Å²) in [7, 11) is 2.74. The average molecular weight is 302 g/mol. The van der Waals surface area contributed by atoms with Gasteiger partial charge < -0.3 is 19.1 Å². The van der Waals surface area contributed by atoms with Crippen LogP contribution in [0.3, 0.4) is 0 Å². The predicted octanol–water partition coefficient (Wildman–Crippen LogP) is 1.35. The molecule has 0 radical (unpaired) electrons. The van der Waals surface area contributed by atoms with Crippen LogP contribution < -0.4 is 9.64 Å². The van der Waals surface area contributed by atoms with E-state index in [2.05, 4.69) is 9.72 Å². The minimum atomic E-state index is -2.68. The van der Waals surface area contributed by atoms with Crippen molar-refractivity contribution in [3.63, 3.8) is 0 Å². The van der Waals surface area contributed by atoms with Crippen LogP contribution in [0.25, 0.3) is 0 Å². The number of pyridine rings is 1. The number of halogens is 2. The fraction of sp³-hybridized carbons (Fsp3) is 0.538. The van der Waals surface area contributed by atoms with Gasteiger partial charge in [0, 0.05) is 13.2 Å². The first-order chi connectivity index (χ1) is 9.96. The Morgan fingerprint density at radius 2 is 2.10 bits per heavy atom. The number of alkyl halides is 2. The fourth-order valence-corrected chi connectivity index (χ4v) is 1.90. The number of aromatic nitrogens is 1. The number of anilines is 1. The average Bonchev–Trinajstić information content (AvgIpc) is 2.44. The molecule has 1 aliphatic heterocycles. The van der Waals surface area contributed by atoms with Gasteiger partial charge in [0.15, 0.2) is 11.4 Å². The molecule has 6 nitrogen and oxygen atoms in total. The zero-order valence-corrected chi connectivity index (χ0v) is 11.8. The van der Waals surface area contributed by atoms with E-state index in [4.69, 9.17) is 9.47 Å². The van der Waals surface area contributed by atoms with Crippen molar-refractivity contribution >= 4 is 11.7 Å². The van der Waals surface area contributed by atoms with Gasteiger partial charge in [-0.1, -0.05) is 0 Å². The summed E-state index contributed by atoms with van der Waals surface area (Å²) in [6.45, 7) is -0.206. The highest BCUT2D eigenvalue weighted by molar-refractivity contribution is 5.90. The Bertz CT molecular complexity index is 517. The third-order valence-electron chi connectivity index (χ3n) is 2.97. The second-order valence-corrected chi connectivity index (χ2v) is 4.59. The van der Waals surface area contributed by atoms with Crippen LogP contribution in [0.15, 0.2) is 12.3 Å². The van der Waals surface area contributed by atoms with Gasteiger partial charge in [-0.05, 0) is 0 Å². The Morgan fingerprint density at radius 3 is 2.67 bits per heavy atom. The molecule has 0 aromatic carbocycles. The Balaban J connectivity index is 2.17. The van der Waals surface area contributed by atoms with Crippen molar-refractivity contribution in [3.8, 4) is 5.75 Å². The Labute approximate surface area is 120 Å². The third-order valence-corrected chi connectivity index (χ3v) is 2.97. The monoisotopic (exact) mass is 302 g/mol. The minimum absolute atomic E-state index is 0.00429. The summed E-state index contributed by atoms with van der Waals surface area (Å²) in [4.78, 5) is 17.0. The molecule has 1 aliphatic rings. The lowest BCUT2D eigenvalue weighted by Gasteiger charge is -2.40. The molecule has 21 heavy (non-hydrogen) atoms. The summed E-state index contributed by atoms with van der Waals surface area (Å²) < 4.78 is 40.7. The maximum Gasteiger partial charge on any atom is 0.360 e. The van der Waals surface area contributed by atoms with Crippen LogP contribution in [0.5, 0.6) is 5.75 Å². The summed E-state index contributed by atoms with van der Waals surface area (Å²) in [5.41, 5.74) is 0.477. The van der Waals surface area contributed by atoms with E-state index < -0.39 is 11.9 Å². The smallest absolute Gasteiger partial charge is 0.360 e. The van der Waals surface area contributed by atoms with E-state index >= 15 is 0 Å². The molecule has 8 heteroatoms. The molecule has 2 rings (SSSR count). The summed E-state index contributed by atoms with van der Waals surface area (Å²) in [5.74, 6) is -3.15. The van der Waals surface area contributed by atoms with Crippen LogP contribution in [0, 0.1) is 0 Å². The quantitative estimate of drug-likeness (QED) is 0.584. The number of ether oxygens (including phenoxy) is 3. The van der Waals surface area contributed by atoms with Gasteiger partial charge in [-0.25, -0.2) is 18.6 Å². The molecule has 0 unspecified atom stereocenters. The second kappa shape index (κ2) is 6.21. The first-order valence-electron chi connectivity index (χ1n) is 6.30. The predicted molar refractivity (Wildman–Crippen MR) is 70.1 cm³/mol. The SMILES string of the molecule is COCCOc1cc(N2CC(F)(F)C2)cnc1C(=O)OC. The summed E-state index contributed by atoms with van der Waals surface area (Å²) >= 11 is 0. The maximum atomic E-state index is 12.9. The normalized spacial score (nSPS) is 16.3. The van der Waals surface area contributed by atoms with E-state index in [1.807, 2.05) is 0 Å². The molecule has 2 heterocycles. The molecular formula is C13H16F2N2O4. The number of carbonyl (C=O) groups is 1. The number of methoxy groups -OCH3 is 2. The Morgan fingerprint density at radius 1 is 1.38 bits per heavy atom. The lowest BCUT2D eigenvalue weighted by Crippen LogP contribution is -2.56. The number of hydrogen-bond donors (Lipinski definition) is 0. The molecular weight excluding hydrogens is 286 g/mol. The van der Waals surface area contributed by atoms with Gasteiger partial charge in [0.2, 0.25) is 0 Å². The highest BCUT2D eigenvalue weighted by Gasteiger charge is 2.44. The largest absolute Gasteiger partial charge is 0.489 e. The maximum absolute atomic E-state index is 12.9. The second-order valence-electron chi connectivity index (χ2n) is 4.59. The lowest BCUT2D eigenvalue weighted by atomic mass is 10.1. The van der Waals surface area contributed by atoms with Crippen molar-refractivity contribution in [2.75, 3.05) is 45.4 Å². The van der Waals surface area contributed by atoms with E-state index in [1.165, 1.54) is 31.4 Å². The van der Waals surface area contributed by atoms with Crippen LogP contribution in [0.2, 0.25) is 0 Å². The number of nitrogens with zero attached hydrogens (tertiary/aromatic N) is 2. The number of hydrogen-bond acceptors (Lipinski definition) is 6. The van der Waals surface area contributed by atoms with Gasteiger partial charge in [-0.15, -0.1) is 0 Å². The van der Waals surface area contributed by atoms with Gasteiger partial charge in [0.1, 0.15) is 6.61 Å². The molecule has 1 saturated heterocycles. The first kappa shape index (κ1) is 15.4. The summed E-state index contributed by atoms with van der Waals surface area (Å²) in [5, 5.41) is 0. The number of rotatable bonds is 6. The van der Waals surface area contributed by atoms with E-state index in [-0.39, 0.29) is 31.1 Å². The van der Waals surface area contributed by atoms with Crippen molar-refractivity contribution in [3.05, 3.63) is 18.0 Å². The molecule has 1 aromatic rings. The van der Waals surface area contributed by atoms with E-state index in [1.54, 1.807) is 0 Å². The van der Waals surface area contributed by atoms with Crippen molar-refractivity contribution in [2.24, 2.45) is 0 Å². The van der Waals surface area contributed by atoms with E-state index in [0.29, 0.717) is 12.3 Å². The van der Waals surface area contributed by atoms with Crippen LogP contribution in [-0.2, 0) is 9.47 Å². The van der Waals surface area contributed by atoms with Crippen LogP contribution >= 0.6 is 0 Å². The molecule has 0 saturated carbocycles. The zero-order valence-electron chi connectivity index (χ0n) is 11.8. The number of carbonyl (C=O) groups excluding carboxylic acids is 1. The van der Waals surface area contributed by atoms with Gasteiger partial charge >= 0.3 is 5.97 Å². The molecule has 0 amide bonds. The van der Waals surface area contributed by atoms with Crippen molar-refractivity contribution in [1.82, 2.24) is 4.98 Å². The summed E-state index contributed by atoms with van der Waals surface area (Å²) in [6, 6.07) is 1.50. The van der Waals surface area contributed by atoms with Crippen LogP contribution in [-0.4, -0.2) is 57.4 Å². The molecule has 0 aliphatic carbocycles. The highest BCUT2D eigenvalue weighted by Crippen LogP contribution is 2.33. The van der Waals surface area contributed by atoms with E-state index in [0.717, 1.165) is 0 Å².